The third-order valence-corrected chi connectivity index (χ3v) is 5.97. The van der Waals surface area contributed by atoms with Crippen LogP contribution in [0.15, 0.2) is 72.5 Å². The smallest absolute Gasteiger partial charge is 0.256 e. The first kappa shape index (κ1) is 20.9. The first-order valence-corrected chi connectivity index (χ1v) is 11.4. The molecule has 5 aromatic rings. The van der Waals surface area contributed by atoms with Gasteiger partial charge in [-0.25, -0.2) is 9.67 Å². The number of nitrogens with one attached hydrogen (secondary N) is 1. The lowest BCUT2D eigenvalue weighted by atomic mass is 10.1. The van der Waals surface area contributed by atoms with E-state index in [2.05, 4.69) is 26.6 Å². The van der Waals surface area contributed by atoms with E-state index in [0.717, 1.165) is 11.1 Å². The number of aryl methyl sites for hydroxylation is 1. The molecule has 0 atom stereocenters. The van der Waals surface area contributed by atoms with Gasteiger partial charge in [0.2, 0.25) is 0 Å². The number of nitrogens with zero attached hydrogens (tertiary/aromatic N) is 5. The zero-order valence-electron chi connectivity index (χ0n) is 18.0. The number of thiophene rings is 1. The number of aromatic nitrogens is 5. The van der Waals surface area contributed by atoms with Gasteiger partial charge in [-0.1, -0.05) is 12.1 Å². The van der Waals surface area contributed by atoms with Gasteiger partial charge in [0.05, 0.1) is 30.2 Å². The van der Waals surface area contributed by atoms with Gasteiger partial charge < -0.3 is 10.1 Å². The SMILES string of the molecule is Cc1cc(C(=O)Nc2cccc(OCCn3cccn3)c2)c2cnn(Cc3cccs3)c2n1. The molecule has 4 aromatic heterocycles. The Morgan fingerprint density at radius 1 is 1.15 bits per heavy atom. The maximum atomic E-state index is 13.2. The van der Waals surface area contributed by atoms with Crippen molar-refractivity contribution in [2.24, 2.45) is 0 Å². The average molecular weight is 459 g/mol. The minimum Gasteiger partial charge on any atom is -0.492 e. The highest BCUT2D eigenvalue weighted by Crippen LogP contribution is 2.23. The van der Waals surface area contributed by atoms with Gasteiger partial charge >= 0.3 is 0 Å². The quantitative estimate of drug-likeness (QED) is 0.373. The number of hydrogen-bond donors (Lipinski definition) is 1. The van der Waals surface area contributed by atoms with E-state index in [9.17, 15) is 4.79 Å². The molecule has 1 aromatic carbocycles. The summed E-state index contributed by atoms with van der Waals surface area (Å²) in [6, 6.07) is 15.1. The lowest BCUT2D eigenvalue weighted by Gasteiger charge is -2.10. The van der Waals surface area contributed by atoms with Crippen molar-refractivity contribution in [3.63, 3.8) is 0 Å². The van der Waals surface area contributed by atoms with Crippen molar-refractivity contribution in [2.75, 3.05) is 11.9 Å². The molecule has 0 radical (unpaired) electrons. The highest BCUT2D eigenvalue weighted by molar-refractivity contribution is 7.09. The molecule has 1 amide bonds. The highest BCUT2D eigenvalue weighted by atomic mass is 32.1. The van der Waals surface area contributed by atoms with Gasteiger partial charge in [-0.2, -0.15) is 10.2 Å². The Bertz CT molecular complexity index is 1380. The molecule has 33 heavy (non-hydrogen) atoms. The van der Waals surface area contributed by atoms with Gasteiger partial charge in [0.25, 0.3) is 5.91 Å². The van der Waals surface area contributed by atoms with E-state index in [1.807, 2.05) is 59.6 Å². The molecule has 0 fully saturated rings. The predicted molar refractivity (Wildman–Crippen MR) is 128 cm³/mol. The maximum Gasteiger partial charge on any atom is 0.256 e. The van der Waals surface area contributed by atoms with E-state index >= 15 is 0 Å². The van der Waals surface area contributed by atoms with Gasteiger partial charge in [0.1, 0.15) is 12.4 Å². The fourth-order valence-corrected chi connectivity index (χ4v) is 4.26. The van der Waals surface area contributed by atoms with Gasteiger partial charge in [0.15, 0.2) is 5.65 Å². The van der Waals surface area contributed by atoms with Crippen LogP contribution in [-0.4, -0.2) is 37.1 Å². The molecule has 166 valence electrons. The van der Waals surface area contributed by atoms with Gasteiger partial charge in [-0.05, 0) is 42.6 Å². The monoisotopic (exact) mass is 458 g/mol. The molecule has 0 aliphatic carbocycles. The van der Waals surface area contributed by atoms with Crippen LogP contribution in [0.3, 0.4) is 0 Å². The zero-order chi connectivity index (χ0) is 22.6. The van der Waals surface area contributed by atoms with Crippen LogP contribution < -0.4 is 10.1 Å². The second-order valence-electron chi connectivity index (χ2n) is 7.53. The molecule has 0 spiro atoms. The number of amides is 1. The molecule has 1 N–H and O–H groups in total. The lowest BCUT2D eigenvalue weighted by Crippen LogP contribution is -2.13. The van der Waals surface area contributed by atoms with Crippen molar-refractivity contribution >= 4 is 34.0 Å². The number of ether oxygens (including phenoxy) is 1. The number of benzene rings is 1. The summed E-state index contributed by atoms with van der Waals surface area (Å²) in [5, 5.41) is 14.4. The molecular formula is C24H22N6O2S. The van der Waals surface area contributed by atoms with Crippen molar-refractivity contribution in [2.45, 2.75) is 20.0 Å². The fraction of sp³-hybridized carbons (Fsp3) is 0.167. The van der Waals surface area contributed by atoms with Crippen LogP contribution in [0.4, 0.5) is 5.69 Å². The first-order chi connectivity index (χ1) is 16.2. The van der Waals surface area contributed by atoms with Crippen LogP contribution in [0.5, 0.6) is 5.75 Å². The van der Waals surface area contributed by atoms with Gasteiger partial charge in [-0.15, -0.1) is 11.3 Å². The molecule has 0 aliphatic heterocycles. The summed E-state index contributed by atoms with van der Waals surface area (Å²) in [5.41, 5.74) is 2.66. The Morgan fingerprint density at radius 2 is 2.09 bits per heavy atom. The van der Waals surface area contributed by atoms with Crippen molar-refractivity contribution in [3.05, 3.63) is 88.6 Å². The number of carbonyl (C=O) groups is 1. The molecular weight excluding hydrogens is 436 g/mol. The Balaban J connectivity index is 1.32. The van der Waals surface area contributed by atoms with Crippen LogP contribution in [0.2, 0.25) is 0 Å². The Hall–Kier alpha value is -3.98. The largest absolute Gasteiger partial charge is 0.492 e. The third-order valence-electron chi connectivity index (χ3n) is 5.11. The standard InChI is InChI=1S/C24H22N6O2S/c1-17-13-21(22-15-26-30(23(22)27-17)16-20-7-3-12-33-20)24(31)28-18-5-2-6-19(14-18)32-11-10-29-9-4-8-25-29/h2-9,12-15H,10-11,16H2,1H3,(H,28,31). The van der Waals surface area contributed by atoms with Crippen molar-refractivity contribution in [1.82, 2.24) is 24.5 Å². The minimum atomic E-state index is -0.213. The molecule has 0 bridgehead atoms. The summed E-state index contributed by atoms with van der Waals surface area (Å²) in [6.07, 6.45) is 5.33. The van der Waals surface area contributed by atoms with E-state index in [1.54, 1.807) is 34.5 Å². The Labute approximate surface area is 194 Å². The summed E-state index contributed by atoms with van der Waals surface area (Å²) in [5.74, 6) is 0.467. The fourth-order valence-electron chi connectivity index (χ4n) is 3.58. The first-order valence-electron chi connectivity index (χ1n) is 10.5. The summed E-state index contributed by atoms with van der Waals surface area (Å²) >= 11 is 1.67. The zero-order valence-corrected chi connectivity index (χ0v) is 18.8. The number of pyridine rings is 1. The Morgan fingerprint density at radius 3 is 2.91 bits per heavy atom. The summed E-state index contributed by atoms with van der Waals surface area (Å²) < 4.78 is 9.45. The normalized spacial score (nSPS) is 11.1. The number of fused-ring (bicyclic) bond motifs is 1. The number of rotatable bonds is 8. The van der Waals surface area contributed by atoms with E-state index in [1.165, 1.54) is 4.88 Å². The van der Waals surface area contributed by atoms with Crippen LogP contribution in [0.1, 0.15) is 20.9 Å². The summed E-state index contributed by atoms with van der Waals surface area (Å²) in [7, 11) is 0. The Kier molecular flexibility index (Phi) is 5.86. The van der Waals surface area contributed by atoms with E-state index in [0.29, 0.717) is 42.3 Å². The number of hydrogen-bond acceptors (Lipinski definition) is 6. The number of anilines is 1. The van der Waals surface area contributed by atoms with Crippen molar-refractivity contribution in [3.8, 4) is 5.75 Å². The average Bonchev–Trinajstić information content (AvgIpc) is 3.57. The predicted octanol–water partition coefficient (Wildman–Crippen LogP) is 4.38. The van der Waals surface area contributed by atoms with E-state index < -0.39 is 0 Å². The third kappa shape index (κ3) is 4.78. The van der Waals surface area contributed by atoms with E-state index in [-0.39, 0.29) is 5.91 Å². The molecule has 5 rings (SSSR count). The highest BCUT2D eigenvalue weighted by Gasteiger charge is 2.16. The van der Waals surface area contributed by atoms with Crippen molar-refractivity contribution < 1.29 is 9.53 Å². The molecule has 0 saturated heterocycles. The molecule has 0 aliphatic rings. The molecule has 0 unspecified atom stereocenters. The molecule has 8 nitrogen and oxygen atoms in total. The topological polar surface area (TPSA) is 86.9 Å². The molecule has 4 heterocycles. The van der Waals surface area contributed by atoms with E-state index in [4.69, 9.17) is 4.74 Å². The minimum absolute atomic E-state index is 0.213. The van der Waals surface area contributed by atoms with Crippen LogP contribution in [0, 0.1) is 6.92 Å². The number of carbonyl (C=O) groups excluding carboxylic acids is 1. The summed E-state index contributed by atoms with van der Waals surface area (Å²) in [4.78, 5) is 19.0. The van der Waals surface area contributed by atoms with Crippen LogP contribution in [0.25, 0.3) is 11.0 Å². The van der Waals surface area contributed by atoms with Crippen LogP contribution in [-0.2, 0) is 13.1 Å². The van der Waals surface area contributed by atoms with Gasteiger partial charge in [-0.3, -0.25) is 9.48 Å². The van der Waals surface area contributed by atoms with Crippen LogP contribution >= 0.6 is 11.3 Å². The molecule has 9 heteroatoms. The summed E-state index contributed by atoms with van der Waals surface area (Å²) in [6.45, 7) is 3.63. The second-order valence-corrected chi connectivity index (χ2v) is 8.56. The van der Waals surface area contributed by atoms with Crippen molar-refractivity contribution in [1.29, 1.82) is 0 Å². The maximum absolute atomic E-state index is 13.2. The molecule has 0 saturated carbocycles. The van der Waals surface area contributed by atoms with Gasteiger partial charge in [0, 0.05) is 34.7 Å². The lowest BCUT2D eigenvalue weighted by molar-refractivity contribution is 0.102. The second kappa shape index (κ2) is 9.25.